The quantitative estimate of drug-likeness (QED) is 0.786. The lowest BCUT2D eigenvalue weighted by molar-refractivity contribution is -0.140. The van der Waals surface area contributed by atoms with Crippen molar-refractivity contribution in [2.75, 3.05) is 13.1 Å². The van der Waals surface area contributed by atoms with Crippen molar-refractivity contribution in [2.24, 2.45) is 23.5 Å². The van der Waals surface area contributed by atoms with Crippen molar-refractivity contribution in [3.63, 3.8) is 0 Å². The Kier molecular flexibility index (Phi) is 3.70. The molecule has 4 unspecified atom stereocenters. The van der Waals surface area contributed by atoms with Gasteiger partial charge in [0.1, 0.15) is 0 Å². The third-order valence-electron chi connectivity index (χ3n) is 4.54. The number of nitrogens with zero attached hydrogens (tertiary/aromatic N) is 1. The van der Waals surface area contributed by atoms with Crippen molar-refractivity contribution in [1.82, 2.24) is 4.90 Å². The number of carbonyl (C=O) groups excluding carboxylic acids is 1. The maximum Gasteiger partial charge on any atom is 0.227 e. The van der Waals surface area contributed by atoms with Gasteiger partial charge in [0.25, 0.3) is 0 Å². The van der Waals surface area contributed by atoms with Crippen molar-refractivity contribution >= 4 is 5.91 Å². The fourth-order valence-electron chi connectivity index (χ4n) is 3.73. The molecular formula is C14H26N2O2. The molecule has 0 aromatic rings. The van der Waals surface area contributed by atoms with E-state index in [2.05, 4.69) is 0 Å². The highest BCUT2D eigenvalue weighted by atomic mass is 16.3. The fraction of sp³-hybridized carbons (Fsp3) is 0.929. The van der Waals surface area contributed by atoms with Crippen LogP contribution in [-0.4, -0.2) is 40.6 Å². The van der Waals surface area contributed by atoms with Gasteiger partial charge in [-0.05, 0) is 51.9 Å². The Bertz CT molecular complexity index is 322. The van der Waals surface area contributed by atoms with Gasteiger partial charge in [0.05, 0.1) is 11.5 Å². The van der Waals surface area contributed by atoms with E-state index >= 15 is 0 Å². The molecule has 4 atom stereocenters. The minimum atomic E-state index is -0.840. The van der Waals surface area contributed by atoms with E-state index in [9.17, 15) is 9.90 Å². The molecule has 2 aliphatic carbocycles. The highest BCUT2D eigenvalue weighted by Gasteiger charge is 2.50. The Labute approximate surface area is 110 Å². The summed E-state index contributed by atoms with van der Waals surface area (Å²) >= 11 is 0. The molecule has 2 fully saturated rings. The van der Waals surface area contributed by atoms with E-state index in [1.54, 1.807) is 18.7 Å². The van der Waals surface area contributed by atoms with Crippen LogP contribution >= 0.6 is 0 Å². The summed E-state index contributed by atoms with van der Waals surface area (Å²) in [5.74, 6) is 1.17. The summed E-state index contributed by atoms with van der Waals surface area (Å²) in [5, 5.41) is 9.88. The first-order chi connectivity index (χ1) is 8.33. The average Bonchev–Trinajstić information content (AvgIpc) is 2.84. The number of amides is 1. The molecule has 18 heavy (non-hydrogen) atoms. The summed E-state index contributed by atoms with van der Waals surface area (Å²) in [6.45, 7) is 6.47. The molecule has 0 aromatic carbocycles. The highest BCUT2D eigenvalue weighted by molar-refractivity contribution is 5.80. The topological polar surface area (TPSA) is 66.6 Å². The Morgan fingerprint density at radius 1 is 1.39 bits per heavy atom. The lowest BCUT2D eigenvalue weighted by Gasteiger charge is -2.34. The van der Waals surface area contributed by atoms with Crippen molar-refractivity contribution < 1.29 is 9.90 Å². The Hall–Kier alpha value is -0.610. The van der Waals surface area contributed by atoms with Crippen LogP contribution < -0.4 is 5.73 Å². The van der Waals surface area contributed by atoms with Crippen molar-refractivity contribution in [3.05, 3.63) is 0 Å². The number of rotatable bonds is 4. The summed E-state index contributed by atoms with van der Waals surface area (Å²) in [5.41, 5.74) is 5.37. The molecule has 2 rings (SSSR count). The Morgan fingerprint density at radius 3 is 2.44 bits per heavy atom. The van der Waals surface area contributed by atoms with E-state index in [4.69, 9.17) is 5.73 Å². The standard InChI is InChI=1S/C14H26N2O2/c1-4-16(8-14(2,3)18)13(17)11-9-5-6-10(7-9)12(11)15/h9-12,18H,4-8,15H2,1-3H3. The third kappa shape index (κ3) is 2.54. The number of carbonyl (C=O) groups is 1. The summed E-state index contributed by atoms with van der Waals surface area (Å²) in [6.07, 6.45) is 3.46. The molecule has 3 N–H and O–H groups in total. The van der Waals surface area contributed by atoms with Gasteiger partial charge in [-0.15, -0.1) is 0 Å². The summed E-state index contributed by atoms with van der Waals surface area (Å²) in [6, 6.07) is 0.0344. The number of hydrogen-bond donors (Lipinski definition) is 2. The van der Waals surface area contributed by atoms with Crippen LogP contribution in [-0.2, 0) is 4.79 Å². The summed E-state index contributed by atoms with van der Waals surface area (Å²) < 4.78 is 0. The number of aliphatic hydroxyl groups is 1. The predicted octanol–water partition coefficient (Wildman–Crippen LogP) is 0.979. The zero-order valence-electron chi connectivity index (χ0n) is 11.7. The molecule has 1 amide bonds. The predicted molar refractivity (Wildman–Crippen MR) is 70.8 cm³/mol. The lowest BCUT2D eigenvalue weighted by atomic mass is 9.84. The van der Waals surface area contributed by atoms with Crippen LogP contribution in [0.15, 0.2) is 0 Å². The molecular weight excluding hydrogens is 228 g/mol. The normalized spacial score (nSPS) is 34.9. The zero-order valence-corrected chi connectivity index (χ0v) is 11.7. The summed E-state index contributed by atoms with van der Waals surface area (Å²) in [4.78, 5) is 14.4. The zero-order chi connectivity index (χ0) is 13.5. The lowest BCUT2D eigenvalue weighted by Crippen LogP contribution is -2.50. The maximum absolute atomic E-state index is 12.6. The van der Waals surface area contributed by atoms with E-state index in [1.165, 1.54) is 6.42 Å². The smallest absolute Gasteiger partial charge is 0.227 e. The van der Waals surface area contributed by atoms with Gasteiger partial charge in [0.15, 0.2) is 0 Å². The molecule has 4 nitrogen and oxygen atoms in total. The number of fused-ring (bicyclic) bond motifs is 2. The van der Waals surface area contributed by atoms with Gasteiger partial charge in [-0.1, -0.05) is 0 Å². The molecule has 0 aromatic heterocycles. The first kappa shape index (κ1) is 13.8. The minimum absolute atomic E-state index is 0.00829. The largest absolute Gasteiger partial charge is 0.389 e. The molecule has 2 saturated carbocycles. The van der Waals surface area contributed by atoms with Gasteiger partial charge in [0, 0.05) is 19.1 Å². The van der Waals surface area contributed by atoms with Gasteiger partial charge >= 0.3 is 0 Å². The molecule has 0 heterocycles. The van der Waals surface area contributed by atoms with E-state index in [0.29, 0.717) is 24.9 Å². The van der Waals surface area contributed by atoms with Crippen LogP contribution in [0.3, 0.4) is 0 Å². The number of likely N-dealkylation sites (N-methyl/N-ethyl adjacent to an activating group) is 1. The molecule has 2 bridgehead atoms. The van der Waals surface area contributed by atoms with Crippen LogP contribution in [0, 0.1) is 17.8 Å². The first-order valence-corrected chi connectivity index (χ1v) is 7.10. The van der Waals surface area contributed by atoms with E-state index < -0.39 is 5.60 Å². The van der Waals surface area contributed by atoms with Gasteiger partial charge in [-0.3, -0.25) is 4.79 Å². The Morgan fingerprint density at radius 2 is 2.00 bits per heavy atom. The van der Waals surface area contributed by atoms with Gasteiger partial charge in [-0.25, -0.2) is 0 Å². The fourth-order valence-corrected chi connectivity index (χ4v) is 3.73. The van der Waals surface area contributed by atoms with E-state index in [-0.39, 0.29) is 17.9 Å². The van der Waals surface area contributed by atoms with Crippen LogP contribution in [0.5, 0.6) is 0 Å². The van der Waals surface area contributed by atoms with E-state index in [0.717, 1.165) is 12.8 Å². The first-order valence-electron chi connectivity index (χ1n) is 7.10. The van der Waals surface area contributed by atoms with Crippen molar-refractivity contribution in [3.8, 4) is 0 Å². The molecule has 0 spiro atoms. The second-order valence-electron chi connectivity index (χ2n) is 6.60. The van der Waals surface area contributed by atoms with Crippen LogP contribution in [0.1, 0.15) is 40.0 Å². The Balaban J connectivity index is 2.05. The second-order valence-corrected chi connectivity index (χ2v) is 6.60. The van der Waals surface area contributed by atoms with Crippen LogP contribution in [0.25, 0.3) is 0 Å². The maximum atomic E-state index is 12.6. The number of nitrogens with two attached hydrogens (primary N) is 1. The molecule has 2 aliphatic rings. The van der Waals surface area contributed by atoms with Crippen LogP contribution in [0.2, 0.25) is 0 Å². The molecule has 0 radical (unpaired) electrons. The summed E-state index contributed by atoms with van der Waals surface area (Å²) in [7, 11) is 0. The van der Waals surface area contributed by atoms with Crippen molar-refractivity contribution in [1.29, 1.82) is 0 Å². The van der Waals surface area contributed by atoms with Gasteiger partial charge in [0.2, 0.25) is 5.91 Å². The van der Waals surface area contributed by atoms with E-state index in [1.807, 2.05) is 6.92 Å². The average molecular weight is 254 g/mol. The van der Waals surface area contributed by atoms with Crippen molar-refractivity contribution in [2.45, 2.75) is 51.7 Å². The second kappa shape index (κ2) is 4.82. The number of hydrogen-bond acceptors (Lipinski definition) is 3. The van der Waals surface area contributed by atoms with Crippen LogP contribution in [0.4, 0.5) is 0 Å². The van der Waals surface area contributed by atoms with Gasteiger partial charge < -0.3 is 15.7 Å². The minimum Gasteiger partial charge on any atom is -0.389 e. The third-order valence-corrected chi connectivity index (χ3v) is 4.54. The molecule has 0 saturated heterocycles. The molecule has 4 heteroatoms. The molecule has 104 valence electrons. The van der Waals surface area contributed by atoms with Gasteiger partial charge in [-0.2, -0.15) is 0 Å². The monoisotopic (exact) mass is 254 g/mol. The highest BCUT2D eigenvalue weighted by Crippen LogP contribution is 2.48. The SMILES string of the molecule is CCN(CC(C)(C)O)C(=O)C1C2CCC(C2)C1N. The molecule has 0 aliphatic heterocycles.